The summed E-state index contributed by atoms with van der Waals surface area (Å²) in [6, 6.07) is 6.70. The number of carbonyl (C=O) groups excluding carboxylic acids is 1. The van der Waals surface area contributed by atoms with Gasteiger partial charge in [0.15, 0.2) is 6.10 Å². The predicted octanol–water partition coefficient (Wildman–Crippen LogP) is 2.71. The van der Waals surface area contributed by atoms with Crippen LogP contribution in [-0.4, -0.2) is 29.1 Å². The Morgan fingerprint density at radius 1 is 1.31 bits per heavy atom. The van der Waals surface area contributed by atoms with Gasteiger partial charge in [-0.3, -0.25) is 10.2 Å². The fourth-order valence-electron chi connectivity index (χ4n) is 3.09. The highest BCUT2D eigenvalue weighted by atomic mass is 19.4. The van der Waals surface area contributed by atoms with Gasteiger partial charge in [0.05, 0.1) is 17.6 Å². The number of hydrogen-bond acceptors (Lipinski definition) is 5. The van der Waals surface area contributed by atoms with E-state index in [9.17, 15) is 28.3 Å². The van der Waals surface area contributed by atoms with Crippen LogP contribution < -0.4 is 16.4 Å². The maximum atomic E-state index is 12.5. The lowest BCUT2D eigenvalue weighted by Gasteiger charge is -2.27. The summed E-state index contributed by atoms with van der Waals surface area (Å²) in [6.45, 7) is 0. The summed E-state index contributed by atoms with van der Waals surface area (Å²) in [5.74, 6) is -1.43. The number of benzene rings is 1. The Kier molecular flexibility index (Phi) is 7.23. The van der Waals surface area contributed by atoms with Crippen molar-refractivity contribution in [1.82, 2.24) is 5.32 Å². The van der Waals surface area contributed by atoms with Crippen molar-refractivity contribution in [2.45, 2.75) is 44.0 Å². The van der Waals surface area contributed by atoms with Gasteiger partial charge in [0.2, 0.25) is 0 Å². The first kappa shape index (κ1) is 22.2. The molecule has 29 heavy (non-hydrogen) atoms. The number of carbonyl (C=O) groups is 1. The normalized spacial score (nSPS) is 21.0. The Hall–Kier alpha value is -3.06. The Labute approximate surface area is 165 Å². The monoisotopic (exact) mass is 409 g/mol. The van der Waals surface area contributed by atoms with Crippen molar-refractivity contribution >= 4 is 17.4 Å². The Balaban J connectivity index is 2.07. The summed E-state index contributed by atoms with van der Waals surface area (Å²) in [4.78, 5) is 11.7. The Morgan fingerprint density at radius 2 is 1.93 bits per heavy atom. The molecule has 1 aliphatic carbocycles. The van der Waals surface area contributed by atoms with Crippen LogP contribution in [0.3, 0.4) is 0 Å². The molecule has 1 saturated carbocycles. The van der Waals surface area contributed by atoms with Gasteiger partial charge in [-0.2, -0.15) is 18.4 Å². The number of primary amides is 1. The number of anilines is 1. The first-order chi connectivity index (χ1) is 13.6. The lowest BCUT2D eigenvalue weighted by Crippen LogP contribution is -2.36. The van der Waals surface area contributed by atoms with Gasteiger partial charge in [-0.1, -0.05) is 25.0 Å². The Morgan fingerprint density at radius 3 is 2.48 bits per heavy atom. The highest BCUT2D eigenvalue weighted by Crippen LogP contribution is 2.32. The molecule has 3 unspecified atom stereocenters. The quantitative estimate of drug-likeness (QED) is 0.280. The number of halogens is 3. The summed E-state index contributed by atoms with van der Waals surface area (Å²) in [7, 11) is 0. The fraction of sp³-hybridized carbons (Fsp3) is 0.421. The van der Waals surface area contributed by atoms with Gasteiger partial charge >= 0.3 is 6.18 Å². The minimum absolute atomic E-state index is 0.154. The standard InChI is InChI=1S/C19H22F3N5O2/c20-19(21,22)16(28)11-5-7-13(8-6-11)27-17(24)14(18(25)29)10-26-15-4-2-1-3-12(15)9-23/h5-8,10,12,15-16,26,28H,1-4H2,(H2,24,27)(H2,25,29)/b14-10+. The van der Waals surface area contributed by atoms with E-state index in [1.807, 2.05) is 0 Å². The lowest BCUT2D eigenvalue weighted by atomic mass is 9.85. The maximum absolute atomic E-state index is 12.5. The molecule has 6 N–H and O–H groups in total. The van der Waals surface area contributed by atoms with Crippen molar-refractivity contribution in [2.24, 2.45) is 11.7 Å². The van der Waals surface area contributed by atoms with E-state index in [0.717, 1.165) is 37.8 Å². The van der Waals surface area contributed by atoms with Crippen molar-refractivity contribution in [2.75, 3.05) is 5.32 Å². The molecule has 1 aliphatic rings. The molecule has 0 aromatic heterocycles. The summed E-state index contributed by atoms with van der Waals surface area (Å²) < 4.78 is 37.6. The summed E-state index contributed by atoms with van der Waals surface area (Å²) in [5, 5.41) is 32.1. The zero-order valence-corrected chi connectivity index (χ0v) is 15.5. The molecule has 3 atom stereocenters. The van der Waals surface area contributed by atoms with Crippen LogP contribution in [0.4, 0.5) is 18.9 Å². The highest BCUT2D eigenvalue weighted by Gasteiger charge is 2.39. The predicted molar refractivity (Wildman–Crippen MR) is 101 cm³/mol. The van der Waals surface area contributed by atoms with Crippen molar-refractivity contribution in [3.63, 3.8) is 0 Å². The van der Waals surface area contributed by atoms with Crippen LogP contribution in [0, 0.1) is 22.7 Å². The smallest absolute Gasteiger partial charge is 0.386 e. The first-order valence-electron chi connectivity index (χ1n) is 8.99. The number of amides is 1. The van der Waals surface area contributed by atoms with E-state index in [1.54, 1.807) is 0 Å². The number of hydrogen-bond donors (Lipinski definition) is 5. The van der Waals surface area contributed by atoms with Gasteiger partial charge in [0.1, 0.15) is 5.84 Å². The zero-order valence-electron chi connectivity index (χ0n) is 15.5. The molecule has 0 radical (unpaired) electrons. The molecule has 2 rings (SSSR count). The van der Waals surface area contributed by atoms with Gasteiger partial charge in [-0.15, -0.1) is 0 Å². The van der Waals surface area contributed by atoms with Crippen molar-refractivity contribution in [3.05, 3.63) is 41.6 Å². The van der Waals surface area contributed by atoms with Crippen molar-refractivity contribution in [3.8, 4) is 6.07 Å². The minimum Gasteiger partial charge on any atom is -0.386 e. The summed E-state index contributed by atoms with van der Waals surface area (Å²) in [5.41, 5.74) is 5.07. The number of nitrogens with one attached hydrogen (secondary N) is 3. The molecule has 1 amide bonds. The second kappa shape index (κ2) is 9.43. The molecule has 1 aromatic rings. The molecule has 1 fully saturated rings. The van der Waals surface area contributed by atoms with E-state index >= 15 is 0 Å². The van der Waals surface area contributed by atoms with Crippen LogP contribution in [0.25, 0.3) is 0 Å². The molecular formula is C19H22F3N5O2. The second-order valence-corrected chi connectivity index (χ2v) is 6.78. The third-order valence-electron chi connectivity index (χ3n) is 4.71. The maximum Gasteiger partial charge on any atom is 0.418 e. The van der Waals surface area contributed by atoms with E-state index in [-0.39, 0.29) is 34.6 Å². The van der Waals surface area contributed by atoms with E-state index in [2.05, 4.69) is 16.7 Å². The molecule has 7 nitrogen and oxygen atoms in total. The third kappa shape index (κ3) is 5.96. The number of aliphatic hydroxyl groups is 1. The summed E-state index contributed by atoms with van der Waals surface area (Å²) >= 11 is 0. The summed E-state index contributed by atoms with van der Waals surface area (Å²) in [6.07, 6.45) is -2.69. The van der Waals surface area contributed by atoms with Crippen molar-refractivity contribution < 1.29 is 23.1 Å². The average Bonchev–Trinajstić information content (AvgIpc) is 2.67. The molecule has 10 heteroatoms. The minimum atomic E-state index is -4.78. The largest absolute Gasteiger partial charge is 0.418 e. The van der Waals surface area contributed by atoms with Crippen molar-refractivity contribution in [1.29, 1.82) is 10.7 Å². The zero-order chi connectivity index (χ0) is 21.6. The molecule has 1 aromatic carbocycles. The molecule has 0 heterocycles. The van der Waals surface area contributed by atoms with E-state index in [0.29, 0.717) is 0 Å². The Bertz CT molecular complexity index is 815. The number of nitrogens with two attached hydrogens (primary N) is 1. The first-order valence-corrected chi connectivity index (χ1v) is 8.99. The van der Waals surface area contributed by atoms with Gasteiger partial charge in [0, 0.05) is 17.9 Å². The van der Waals surface area contributed by atoms with E-state index < -0.39 is 18.2 Å². The molecule has 0 aliphatic heterocycles. The van der Waals surface area contributed by atoms with Crippen LogP contribution in [0.2, 0.25) is 0 Å². The SMILES string of the molecule is N#CC1CCCCC1N/C=C(\C(=N)Nc1ccc(C(O)C(F)(F)F)cc1)C(N)=O. The topological polar surface area (TPSA) is 135 Å². The van der Waals surface area contributed by atoms with Gasteiger partial charge < -0.3 is 21.5 Å². The average molecular weight is 409 g/mol. The van der Waals surface area contributed by atoms with Gasteiger partial charge in [-0.05, 0) is 30.5 Å². The van der Waals surface area contributed by atoms with Crippen LogP contribution in [0.15, 0.2) is 36.0 Å². The molecule has 0 bridgehead atoms. The number of amidine groups is 1. The second-order valence-electron chi connectivity index (χ2n) is 6.78. The highest BCUT2D eigenvalue weighted by molar-refractivity contribution is 6.23. The number of nitriles is 1. The van der Waals surface area contributed by atoms with E-state index in [1.165, 1.54) is 18.3 Å². The van der Waals surface area contributed by atoms with Gasteiger partial charge in [-0.25, -0.2) is 0 Å². The third-order valence-corrected chi connectivity index (χ3v) is 4.71. The van der Waals surface area contributed by atoms with Crippen LogP contribution in [-0.2, 0) is 4.79 Å². The van der Waals surface area contributed by atoms with Crippen LogP contribution in [0.1, 0.15) is 37.4 Å². The number of rotatable bonds is 6. The van der Waals surface area contributed by atoms with Gasteiger partial charge in [0.25, 0.3) is 5.91 Å². The molecular weight excluding hydrogens is 387 g/mol. The van der Waals surface area contributed by atoms with E-state index in [4.69, 9.17) is 11.1 Å². The number of alkyl halides is 3. The number of nitrogens with zero attached hydrogens (tertiary/aromatic N) is 1. The molecule has 156 valence electrons. The number of aliphatic hydroxyl groups excluding tert-OH is 1. The van der Waals surface area contributed by atoms with Crippen LogP contribution in [0.5, 0.6) is 0 Å². The fourth-order valence-corrected chi connectivity index (χ4v) is 3.09. The lowest BCUT2D eigenvalue weighted by molar-refractivity contribution is -0.206. The molecule has 0 saturated heterocycles. The van der Waals surface area contributed by atoms with Crippen LogP contribution >= 0.6 is 0 Å². The molecule has 0 spiro atoms.